The van der Waals surface area contributed by atoms with Gasteiger partial charge in [-0.3, -0.25) is 9.78 Å². The molecule has 4 nitrogen and oxygen atoms in total. The first-order chi connectivity index (χ1) is 18.2. The number of carbonyl (C=O) groups excluding carboxylic acids is 1. The van der Waals surface area contributed by atoms with Crippen LogP contribution in [0.25, 0.3) is 11.1 Å². The van der Waals surface area contributed by atoms with Crippen molar-refractivity contribution < 1.29 is 9.53 Å². The first-order valence-corrected chi connectivity index (χ1v) is 13.2. The Morgan fingerprint density at radius 1 is 0.973 bits per heavy atom. The van der Waals surface area contributed by atoms with Gasteiger partial charge in [-0.1, -0.05) is 60.8 Å². The van der Waals surface area contributed by atoms with E-state index in [1.54, 1.807) is 6.20 Å². The molecule has 4 aromatic rings. The van der Waals surface area contributed by atoms with Gasteiger partial charge in [0.15, 0.2) is 0 Å². The van der Waals surface area contributed by atoms with Crippen molar-refractivity contribution in [1.82, 2.24) is 10.3 Å². The van der Waals surface area contributed by atoms with E-state index in [0.29, 0.717) is 29.7 Å². The number of pyridine rings is 1. The highest BCUT2D eigenvalue weighted by atomic mass is 35.5. The van der Waals surface area contributed by atoms with Gasteiger partial charge in [0.25, 0.3) is 5.91 Å². The second kappa shape index (κ2) is 12.1. The quantitative estimate of drug-likeness (QED) is 0.264. The summed E-state index contributed by atoms with van der Waals surface area (Å²) in [5, 5.41) is 3.64. The first-order valence-electron chi connectivity index (χ1n) is 12.8. The fraction of sp³-hybridized carbons (Fsp3) is 0.219. The molecule has 1 heterocycles. The Kier molecular flexibility index (Phi) is 8.17. The number of nitrogens with one attached hydrogen (secondary N) is 1. The van der Waals surface area contributed by atoms with E-state index in [-0.39, 0.29) is 5.91 Å². The van der Waals surface area contributed by atoms with E-state index in [2.05, 4.69) is 28.9 Å². The first kappa shape index (κ1) is 25.0. The van der Waals surface area contributed by atoms with Gasteiger partial charge >= 0.3 is 0 Å². The number of halogens is 1. The van der Waals surface area contributed by atoms with Gasteiger partial charge in [0.2, 0.25) is 0 Å². The molecule has 5 heteroatoms. The van der Waals surface area contributed by atoms with Crippen molar-refractivity contribution in [2.45, 2.75) is 44.8 Å². The lowest BCUT2D eigenvalue weighted by Gasteiger charge is -2.21. The molecule has 1 aromatic heterocycles. The van der Waals surface area contributed by atoms with Gasteiger partial charge in [0.05, 0.1) is 12.2 Å². The number of benzene rings is 3. The number of hydrogen-bond donors (Lipinski definition) is 1. The van der Waals surface area contributed by atoms with Gasteiger partial charge < -0.3 is 10.1 Å². The number of carbonyl (C=O) groups is 1. The van der Waals surface area contributed by atoms with Crippen LogP contribution in [0.5, 0.6) is 5.75 Å². The van der Waals surface area contributed by atoms with Crippen molar-refractivity contribution in [3.05, 3.63) is 125 Å². The van der Waals surface area contributed by atoms with Crippen LogP contribution in [0.3, 0.4) is 0 Å². The van der Waals surface area contributed by atoms with Crippen LogP contribution in [-0.4, -0.2) is 10.9 Å². The zero-order chi connectivity index (χ0) is 25.5. The maximum absolute atomic E-state index is 12.9. The molecule has 1 saturated carbocycles. The van der Waals surface area contributed by atoms with E-state index in [9.17, 15) is 4.79 Å². The van der Waals surface area contributed by atoms with E-state index in [4.69, 9.17) is 16.3 Å². The van der Waals surface area contributed by atoms with Crippen molar-refractivity contribution >= 4 is 17.5 Å². The zero-order valence-electron chi connectivity index (χ0n) is 20.7. The predicted octanol–water partition coefficient (Wildman–Crippen LogP) is 7.77. The largest absolute Gasteiger partial charge is 0.489 e. The number of rotatable bonds is 8. The Morgan fingerprint density at radius 2 is 1.81 bits per heavy atom. The smallest absolute Gasteiger partial charge is 0.251 e. The van der Waals surface area contributed by atoms with Crippen LogP contribution in [0.2, 0.25) is 5.02 Å². The van der Waals surface area contributed by atoms with E-state index in [1.807, 2.05) is 72.8 Å². The molecule has 1 aliphatic carbocycles. The summed E-state index contributed by atoms with van der Waals surface area (Å²) in [6.07, 6.45) is 9.16. The van der Waals surface area contributed by atoms with E-state index >= 15 is 0 Å². The molecule has 0 spiro atoms. The van der Waals surface area contributed by atoms with Crippen molar-refractivity contribution in [2.24, 2.45) is 0 Å². The minimum absolute atomic E-state index is 0.150. The van der Waals surface area contributed by atoms with Gasteiger partial charge in [0, 0.05) is 16.8 Å². The number of amides is 1. The standard InChI is InChI=1S/C32H30ClN2O2/c33-28-14-9-25(10-15-28)31-18-13-26(32(36)35-21-29-8-4-5-19-34-29)20-27(31)22-37-30-16-11-24(12-17-30)23-6-2-1-3-7-23/h4-6,8-20,23H,1-3,7,21-22H2,(H,35,36). The normalized spacial score (nSPS) is 13.8. The summed E-state index contributed by atoms with van der Waals surface area (Å²) < 4.78 is 6.21. The SMILES string of the molecule is O=C(NCc1ccccn1)c1ccc(-c2ccc(Cl)cc2)c(COc2ccc(C3[CH]CCCC3)cc2)c1. The molecule has 1 radical (unpaired) electrons. The highest BCUT2D eigenvalue weighted by molar-refractivity contribution is 6.30. The highest BCUT2D eigenvalue weighted by Gasteiger charge is 2.16. The van der Waals surface area contributed by atoms with Gasteiger partial charge in [-0.15, -0.1) is 0 Å². The Hall–Kier alpha value is -3.63. The fourth-order valence-electron chi connectivity index (χ4n) is 4.76. The lowest BCUT2D eigenvalue weighted by molar-refractivity contribution is 0.0950. The Balaban J connectivity index is 1.33. The minimum Gasteiger partial charge on any atom is -0.489 e. The third-order valence-electron chi connectivity index (χ3n) is 6.80. The summed E-state index contributed by atoms with van der Waals surface area (Å²) in [5.74, 6) is 1.20. The number of aromatic nitrogens is 1. The second-order valence-corrected chi connectivity index (χ2v) is 9.80. The van der Waals surface area contributed by atoms with Crippen LogP contribution in [0.4, 0.5) is 0 Å². The van der Waals surface area contributed by atoms with Gasteiger partial charge in [0.1, 0.15) is 12.4 Å². The molecule has 1 aliphatic rings. The van der Waals surface area contributed by atoms with E-state index in [0.717, 1.165) is 28.1 Å². The Labute approximate surface area is 223 Å². The Bertz CT molecular complexity index is 1320. The summed E-state index contributed by atoms with van der Waals surface area (Å²) in [4.78, 5) is 17.2. The molecule has 1 fully saturated rings. The lowest BCUT2D eigenvalue weighted by atomic mass is 9.84. The lowest BCUT2D eigenvalue weighted by Crippen LogP contribution is -2.23. The third-order valence-corrected chi connectivity index (χ3v) is 7.05. The average Bonchev–Trinajstić information content (AvgIpc) is 2.96. The third kappa shape index (κ3) is 6.58. The average molecular weight is 510 g/mol. The summed E-state index contributed by atoms with van der Waals surface area (Å²) in [7, 11) is 0. The van der Waals surface area contributed by atoms with Crippen LogP contribution in [0.1, 0.15) is 58.8 Å². The number of nitrogens with zero attached hydrogens (tertiary/aromatic N) is 1. The molecule has 187 valence electrons. The van der Waals surface area contributed by atoms with Crippen molar-refractivity contribution in [3.8, 4) is 16.9 Å². The molecular formula is C32H30ClN2O2. The van der Waals surface area contributed by atoms with Crippen LogP contribution < -0.4 is 10.1 Å². The summed E-state index contributed by atoms with van der Waals surface area (Å²) in [6, 6.07) is 27.5. The summed E-state index contributed by atoms with van der Waals surface area (Å²) in [5.41, 5.74) is 5.69. The second-order valence-electron chi connectivity index (χ2n) is 9.37. The molecule has 0 aliphatic heterocycles. The monoisotopic (exact) mass is 509 g/mol. The van der Waals surface area contributed by atoms with Gasteiger partial charge in [-0.2, -0.15) is 0 Å². The molecule has 1 atom stereocenters. The van der Waals surface area contributed by atoms with Gasteiger partial charge in [-0.25, -0.2) is 0 Å². The molecular weight excluding hydrogens is 480 g/mol. The highest BCUT2D eigenvalue weighted by Crippen LogP contribution is 2.33. The van der Waals surface area contributed by atoms with Crippen LogP contribution in [0, 0.1) is 6.42 Å². The van der Waals surface area contributed by atoms with Crippen molar-refractivity contribution in [3.63, 3.8) is 0 Å². The predicted molar refractivity (Wildman–Crippen MR) is 149 cm³/mol. The van der Waals surface area contributed by atoms with Crippen LogP contribution in [0.15, 0.2) is 91.1 Å². The van der Waals surface area contributed by atoms with E-state index in [1.165, 1.54) is 31.2 Å². The van der Waals surface area contributed by atoms with Crippen LogP contribution in [-0.2, 0) is 13.2 Å². The zero-order valence-corrected chi connectivity index (χ0v) is 21.5. The maximum atomic E-state index is 12.9. The molecule has 1 N–H and O–H groups in total. The summed E-state index contributed by atoms with van der Waals surface area (Å²) >= 11 is 6.12. The molecule has 1 amide bonds. The molecule has 3 aromatic carbocycles. The van der Waals surface area contributed by atoms with Crippen molar-refractivity contribution in [1.29, 1.82) is 0 Å². The maximum Gasteiger partial charge on any atom is 0.251 e. The fourth-order valence-corrected chi connectivity index (χ4v) is 4.89. The van der Waals surface area contributed by atoms with Crippen molar-refractivity contribution in [2.75, 3.05) is 0 Å². The number of ether oxygens (including phenoxy) is 1. The minimum atomic E-state index is -0.150. The van der Waals surface area contributed by atoms with E-state index < -0.39 is 0 Å². The molecule has 1 unspecified atom stereocenters. The Morgan fingerprint density at radius 3 is 2.54 bits per heavy atom. The number of hydrogen-bond acceptors (Lipinski definition) is 3. The molecule has 0 saturated heterocycles. The van der Waals surface area contributed by atoms with Gasteiger partial charge in [-0.05, 0) is 96.0 Å². The molecule has 37 heavy (non-hydrogen) atoms. The van der Waals surface area contributed by atoms with Crippen LogP contribution >= 0.6 is 11.6 Å². The molecule has 0 bridgehead atoms. The summed E-state index contributed by atoms with van der Waals surface area (Å²) in [6.45, 7) is 0.712. The molecule has 5 rings (SSSR count). The topological polar surface area (TPSA) is 51.2 Å².